The molecule has 0 saturated carbocycles. The van der Waals surface area contributed by atoms with Crippen LogP contribution >= 0.6 is 46.4 Å². The first-order valence-corrected chi connectivity index (χ1v) is 35.0. The van der Waals surface area contributed by atoms with Gasteiger partial charge in [-0.1, -0.05) is 82.8 Å². The van der Waals surface area contributed by atoms with Crippen LogP contribution in [0.1, 0.15) is 98.5 Å². The van der Waals surface area contributed by atoms with Gasteiger partial charge < -0.3 is 81.2 Å². The number of hydrogen-bond donors (Lipinski definition) is 10. The molecule has 0 aliphatic heterocycles. The van der Waals surface area contributed by atoms with Gasteiger partial charge in [-0.2, -0.15) is 0 Å². The van der Waals surface area contributed by atoms with Gasteiger partial charge in [0.05, 0.1) is 77.8 Å². The van der Waals surface area contributed by atoms with E-state index >= 15 is 0 Å². The van der Waals surface area contributed by atoms with Crippen LogP contribution in [0.4, 0.5) is 11.6 Å². The van der Waals surface area contributed by atoms with E-state index in [9.17, 15) is 48.6 Å². The summed E-state index contributed by atoms with van der Waals surface area (Å²) in [7, 11) is 0. The lowest BCUT2D eigenvalue weighted by atomic mass is 10.0. The maximum atomic E-state index is 13.9. The number of aliphatic carboxylic acids is 2. The van der Waals surface area contributed by atoms with Gasteiger partial charge in [0.2, 0.25) is 35.4 Å². The van der Waals surface area contributed by atoms with Crippen molar-refractivity contribution in [1.29, 1.82) is 0 Å². The van der Waals surface area contributed by atoms with Gasteiger partial charge >= 0.3 is 11.9 Å². The number of carbonyl (C=O) groups is 8. The first-order chi connectivity index (χ1) is 49.3. The minimum atomic E-state index is -1.16. The Kier molecular flexibility index (Phi) is 38.1. The van der Waals surface area contributed by atoms with Gasteiger partial charge in [-0.3, -0.25) is 38.4 Å². The normalized spacial score (nSPS) is 12.2. The summed E-state index contributed by atoms with van der Waals surface area (Å²) in [5, 5.41) is 43.6. The quantitative estimate of drug-likeness (QED) is 0.0159. The Morgan fingerprint density at radius 2 is 0.755 bits per heavy atom. The maximum absolute atomic E-state index is 13.9. The lowest BCUT2D eigenvalue weighted by Gasteiger charge is -2.24. The number of ether oxygens (including phenoxy) is 6. The standard InChI is InChI=1S/C72H88Cl4N10O16/c73-53-41-51(42-54(74)45-53)59(47-69(91)92)85-71(95)61(83-67(89)11-3-7-25-79-63-9-1-5-23-77-63)39-49-13-17-57(18-14-49)101-37-35-99-33-31-97-29-27-81-65(87)21-22-66(88)82-28-30-98-32-34-100-36-38-102-58-19-15-50(16-20-58)40-62(84-68(90)12-4-8-26-80-64-10-2-6-24-78-64)72(96)86-60(48-70(93)94)52-43-55(75)46-56(76)44-52/h1-2,5-6,9-10,13-20,23-24,41-46,59-62H,3-4,7-8,11-12,21-22,25-40,47-48H2,(H,77,79)(H,78,80)(H,81,87)(H,82,88)(H,83,89)(H,84,90)(H,85,95)(H,86,96)(H,91,92)(H,93,94)/t59?,60?,61-,62-/m0/s1. The zero-order valence-corrected chi connectivity index (χ0v) is 59.4. The van der Waals surface area contributed by atoms with Crippen molar-refractivity contribution < 1.29 is 77.0 Å². The third-order valence-corrected chi connectivity index (χ3v) is 15.9. The highest BCUT2D eigenvalue weighted by Gasteiger charge is 2.29. The van der Waals surface area contributed by atoms with Crippen molar-refractivity contribution in [2.75, 3.05) is 103 Å². The van der Waals surface area contributed by atoms with Crippen LogP contribution in [0, 0.1) is 0 Å². The number of pyridine rings is 2. The lowest BCUT2D eigenvalue weighted by molar-refractivity contribution is -0.139. The molecule has 4 atom stereocenters. The molecule has 0 radical (unpaired) electrons. The molecule has 10 N–H and O–H groups in total. The Balaban J connectivity index is 0.779. The van der Waals surface area contributed by atoms with E-state index < -0.39 is 60.8 Å². The smallest absolute Gasteiger partial charge is 0.305 e. The molecule has 0 spiro atoms. The van der Waals surface area contributed by atoms with Crippen LogP contribution in [-0.2, 0) is 70.1 Å². The Hall–Kier alpha value is -8.86. The number of carboxylic acid groups (broad SMARTS) is 2. The lowest BCUT2D eigenvalue weighted by Crippen LogP contribution is -2.49. The van der Waals surface area contributed by atoms with E-state index in [1.807, 2.05) is 36.4 Å². The van der Waals surface area contributed by atoms with E-state index in [-0.39, 0.29) is 161 Å². The van der Waals surface area contributed by atoms with Gasteiger partial charge in [-0.25, -0.2) is 9.97 Å². The van der Waals surface area contributed by atoms with E-state index in [4.69, 9.17) is 74.8 Å². The molecule has 4 aromatic carbocycles. The van der Waals surface area contributed by atoms with Crippen molar-refractivity contribution in [2.45, 2.75) is 101 Å². The number of aromatic nitrogens is 2. The SMILES string of the molecule is O=C(O)CC(NC(=O)[C@H](Cc1ccc(OCCOCCOCCNC(=O)CCC(=O)NCCOCCOCCOc2ccc(C[C@H](NC(=O)CCCCNc3ccccn3)C(=O)NC(CC(=O)O)c3cc(Cl)cc(Cl)c3)cc2)cc1)NC(=O)CCCCNc1ccccn1)c1cc(Cl)cc(Cl)c1. The van der Waals surface area contributed by atoms with Crippen LogP contribution in [0.15, 0.2) is 134 Å². The van der Waals surface area contributed by atoms with Gasteiger partial charge in [-0.15, -0.1) is 0 Å². The molecule has 6 rings (SSSR count). The molecular weight excluding hydrogens is 1400 g/mol. The van der Waals surface area contributed by atoms with Crippen molar-refractivity contribution in [1.82, 2.24) is 41.9 Å². The highest BCUT2D eigenvalue weighted by Crippen LogP contribution is 2.28. The van der Waals surface area contributed by atoms with Gasteiger partial charge in [0.1, 0.15) is 48.4 Å². The van der Waals surface area contributed by atoms with Gasteiger partial charge in [-0.05, 0) is 133 Å². The zero-order valence-electron chi connectivity index (χ0n) is 56.4. The minimum Gasteiger partial charge on any atom is -0.491 e. The number of carboxylic acids is 2. The Morgan fingerprint density at radius 1 is 0.392 bits per heavy atom. The molecule has 6 aromatic rings. The molecule has 0 bridgehead atoms. The predicted molar refractivity (Wildman–Crippen MR) is 386 cm³/mol. The summed E-state index contributed by atoms with van der Waals surface area (Å²) in [6.07, 6.45) is 5.34. The summed E-state index contributed by atoms with van der Waals surface area (Å²) in [6, 6.07) is 30.1. The summed E-state index contributed by atoms with van der Waals surface area (Å²) < 4.78 is 34.0. The zero-order chi connectivity index (χ0) is 73.1. The summed E-state index contributed by atoms with van der Waals surface area (Å²) in [5.74, 6) is -2.27. The summed E-state index contributed by atoms with van der Waals surface area (Å²) in [5.41, 5.74) is 2.20. The second kappa shape index (κ2) is 47.3. The van der Waals surface area contributed by atoms with Gasteiger partial charge in [0.25, 0.3) is 0 Å². The van der Waals surface area contributed by atoms with E-state index in [0.29, 0.717) is 72.5 Å². The van der Waals surface area contributed by atoms with E-state index in [0.717, 1.165) is 11.6 Å². The highest BCUT2D eigenvalue weighted by molar-refractivity contribution is 6.35. The van der Waals surface area contributed by atoms with Crippen LogP contribution < -0.4 is 52.0 Å². The molecule has 550 valence electrons. The topological polar surface area (TPSA) is 354 Å². The molecule has 30 heteroatoms. The number of unbranched alkanes of at least 4 members (excludes halogenated alkanes) is 2. The molecule has 2 heterocycles. The molecule has 102 heavy (non-hydrogen) atoms. The average molecular weight is 1490 g/mol. The number of carbonyl (C=O) groups excluding carboxylic acids is 6. The monoisotopic (exact) mass is 1490 g/mol. The average Bonchev–Trinajstić information content (AvgIpc) is 0.847. The molecule has 2 unspecified atom stereocenters. The van der Waals surface area contributed by atoms with E-state index in [2.05, 4.69) is 52.5 Å². The van der Waals surface area contributed by atoms with Gasteiger partial charge in [0.15, 0.2) is 0 Å². The molecule has 0 aliphatic rings. The van der Waals surface area contributed by atoms with Crippen molar-refractivity contribution in [3.8, 4) is 11.5 Å². The third kappa shape index (κ3) is 34.7. The van der Waals surface area contributed by atoms with Gasteiger partial charge in [0, 0.05) is 97.2 Å². The fourth-order valence-corrected chi connectivity index (χ4v) is 11.1. The molecule has 0 saturated heterocycles. The predicted octanol–water partition coefficient (Wildman–Crippen LogP) is 8.91. The van der Waals surface area contributed by atoms with Crippen molar-refractivity contribution in [3.05, 3.63) is 176 Å². The number of halogens is 4. The summed E-state index contributed by atoms with van der Waals surface area (Å²) in [4.78, 5) is 111. The molecule has 6 amide bonds. The number of amides is 6. The number of anilines is 2. The second-order valence-corrected chi connectivity index (χ2v) is 24.9. The maximum Gasteiger partial charge on any atom is 0.305 e. The Bertz CT molecular complexity index is 3290. The first kappa shape index (κ1) is 82.1. The Labute approximate surface area is 612 Å². The molecule has 2 aromatic heterocycles. The number of benzene rings is 4. The third-order valence-electron chi connectivity index (χ3n) is 15.1. The van der Waals surface area contributed by atoms with Crippen molar-refractivity contribution in [3.63, 3.8) is 0 Å². The number of hydrogen-bond acceptors (Lipinski definition) is 18. The number of nitrogens with zero attached hydrogens (tertiary/aromatic N) is 2. The van der Waals surface area contributed by atoms with Crippen molar-refractivity contribution >= 4 is 105 Å². The van der Waals surface area contributed by atoms with Crippen LogP contribution in [0.25, 0.3) is 0 Å². The largest absolute Gasteiger partial charge is 0.491 e. The molecule has 0 aliphatic carbocycles. The minimum absolute atomic E-state index is 0.00592. The highest BCUT2D eigenvalue weighted by atomic mass is 35.5. The van der Waals surface area contributed by atoms with Crippen molar-refractivity contribution in [2.24, 2.45) is 0 Å². The van der Waals surface area contributed by atoms with E-state index in [1.165, 1.54) is 36.4 Å². The van der Waals surface area contributed by atoms with E-state index in [1.54, 1.807) is 60.9 Å². The van der Waals surface area contributed by atoms with Crippen LogP contribution in [0.3, 0.4) is 0 Å². The van der Waals surface area contributed by atoms with Crippen LogP contribution in [0.5, 0.6) is 11.5 Å². The van der Waals surface area contributed by atoms with Crippen LogP contribution in [0.2, 0.25) is 20.1 Å². The fourth-order valence-electron chi connectivity index (χ4n) is 10.0. The fraction of sp³-hybridized carbons (Fsp3) is 0.417. The Morgan fingerprint density at radius 3 is 1.11 bits per heavy atom. The number of nitrogens with one attached hydrogen (secondary N) is 8. The first-order valence-electron chi connectivity index (χ1n) is 33.5. The summed E-state index contributed by atoms with van der Waals surface area (Å²) in [6.45, 7) is 4.22. The molecular formula is C72H88Cl4N10O16. The number of rotatable bonds is 51. The second-order valence-electron chi connectivity index (χ2n) is 23.2. The molecule has 0 fully saturated rings. The molecule has 26 nitrogen and oxygen atoms in total. The van der Waals surface area contributed by atoms with Crippen LogP contribution in [-0.4, -0.2) is 172 Å². The summed E-state index contributed by atoms with van der Waals surface area (Å²) >= 11 is 24.9.